The summed E-state index contributed by atoms with van der Waals surface area (Å²) < 4.78 is 0. The number of hydrogen-bond acceptors (Lipinski definition) is 7. The number of fused-ring (bicyclic) bond motifs is 2. The van der Waals surface area contributed by atoms with Crippen LogP contribution < -0.4 is 15.5 Å². The molecule has 2 aliphatic rings. The Labute approximate surface area is 189 Å². The summed E-state index contributed by atoms with van der Waals surface area (Å²) in [4.78, 5) is 31.7. The van der Waals surface area contributed by atoms with Crippen LogP contribution in [0.1, 0.15) is 28.8 Å². The maximum Gasteiger partial charge on any atom is 0.254 e. The fraction of sp³-hybridized carbons (Fsp3) is 0.250. The molecule has 0 radical (unpaired) electrons. The number of aromatic amines is 1. The Morgan fingerprint density at radius 2 is 1.94 bits per heavy atom. The molecule has 9 nitrogen and oxygen atoms in total. The first-order valence-electron chi connectivity index (χ1n) is 11.1. The molecular weight excluding hydrogens is 418 g/mol. The van der Waals surface area contributed by atoms with Crippen molar-refractivity contribution in [3.63, 3.8) is 0 Å². The van der Waals surface area contributed by atoms with Gasteiger partial charge in [-0.25, -0.2) is 9.97 Å². The highest BCUT2D eigenvalue weighted by molar-refractivity contribution is 6.06. The van der Waals surface area contributed by atoms with E-state index in [0.717, 1.165) is 59.5 Å². The van der Waals surface area contributed by atoms with Crippen molar-refractivity contribution in [2.24, 2.45) is 0 Å². The van der Waals surface area contributed by atoms with Gasteiger partial charge >= 0.3 is 0 Å². The third kappa shape index (κ3) is 3.46. The van der Waals surface area contributed by atoms with E-state index in [2.05, 4.69) is 30.5 Å². The van der Waals surface area contributed by atoms with Gasteiger partial charge in [0.1, 0.15) is 11.5 Å². The number of carbonyl (C=O) groups excluding carboxylic acids is 1. The lowest BCUT2D eigenvalue weighted by atomic mass is 10.0. The molecule has 4 aromatic rings. The highest BCUT2D eigenvalue weighted by Crippen LogP contribution is 2.35. The van der Waals surface area contributed by atoms with Gasteiger partial charge in [0.2, 0.25) is 0 Å². The zero-order valence-electron chi connectivity index (χ0n) is 17.9. The Morgan fingerprint density at radius 1 is 1.06 bits per heavy atom. The minimum Gasteiger partial charge on any atom is -0.393 e. The van der Waals surface area contributed by atoms with Crippen LogP contribution in [0.15, 0.2) is 49.1 Å². The van der Waals surface area contributed by atoms with E-state index in [1.807, 2.05) is 36.7 Å². The number of aliphatic hydroxyl groups excluding tert-OH is 1. The molecule has 4 N–H and O–H groups in total. The molecule has 166 valence electrons. The first-order chi connectivity index (χ1) is 16.2. The lowest BCUT2D eigenvalue weighted by Crippen LogP contribution is -2.35. The van der Waals surface area contributed by atoms with Gasteiger partial charge in [-0.3, -0.25) is 9.78 Å². The number of piperidine rings is 1. The molecule has 33 heavy (non-hydrogen) atoms. The Hall–Kier alpha value is -3.98. The standard InChI is InChI=1S/C24H23N7O2/c32-15-5-9-31(10-6-15)14-1-2-20(27-11-14)30-19-13-28-22(18-12-29-24(33)21(18)19)16-3-7-25-23-17(16)4-8-26-23/h1-4,7-8,11,13,15,32H,5-6,9-10,12H2,(H,25,26)(H,27,30)(H,29,33). The average Bonchev–Trinajstić information content (AvgIpc) is 3.48. The zero-order chi connectivity index (χ0) is 22.4. The number of aliphatic hydroxyl groups is 1. The molecule has 1 saturated heterocycles. The van der Waals surface area contributed by atoms with E-state index >= 15 is 0 Å². The Kier molecular flexibility index (Phi) is 4.69. The summed E-state index contributed by atoms with van der Waals surface area (Å²) in [6.07, 6.45) is 8.44. The Bertz CT molecular complexity index is 1340. The van der Waals surface area contributed by atoms with E-state index in [4.69, 9.17) is 4.98 Å². The van der Waals surface area contributed by atoms with E-state index in [0.29, 0.717) is 23.6 Å². The number of anilines is 3. The van der Waals surface area contributed by atoms with Crippen LogP contribution in [0.25, 0.3) is 22.3 Å². The minimum atomic E-state index is -0.209. The van der Waals surface area contributed by atoms with Gasteiger partial charge in [-0.2, -0.15) is 0 Å². The second-order valence-corrected chi connectivity index (χ2v) is 8.40. The highest BCUT2D eigenvalue weighted by atomic mass is 16.3. The number of nitrogens with one attached hydrogen (secondary N) is 3. The molecule has 1 amide bonds. The number of rotatable bonds is 4. The number of H-pyrrole nitrogens is 1. The van der Waals surface area contributed by atoms with Crippen molar-refractivity contribution < 1.29 is 9.90 Å². The molecule has 0 bridgehead atoms. The number of aromatic nitrogens is 4. The van der Waals surface area contributed by atoms with Crippen molar-refractivity contribution in [2.45, 2.75) is 25.5 Å². The highest BCUT2D eigenvalue weighted by Gasteiger charge is 2.28. The molecule has 0 aromatic carbocycles. The van der Waals surface area contributed by atoms with E-state index < -0.39 is 0 Å². The van der Waals surface area contributed by atoms with Crippen LogP contribution >= 0.6 is 0 Å². The van der Waals surface area contributed by atoms with E-state index in [-0.39, 0.29) is 12.0 Å². The van der Waals surface area contributed by atoms with Crippen LogP contribution in [-0.4, -0.2) is 50.1 Å². The summed E-state index contributed by atoms with van der Waals surface area (Å²) in [7, 11) is 0. The lowest BCUT2D eigenvalue weighted by Gasteiger charge is -2.31. The summed E-state index contributed by atoms with van der Waals surface area (Å²) in [5.74, 6) is 0.517. The zero-order valence-corrected chi connectivity index (χ0v) is 17.9. The molecule has 2 aliphatic heterocycles. The predicted octanol–water partition coefficient (Wildman–Crippen LogP) is 2.97. The van der Waals surface area contributed by atoms with Crippen molar-refractivity contribution in [3.8, 4) is 11.3 Å². The molecule has 0 saturated carbocycles. The average molecular weight is 441 g/mol. The van der Waals surface area contributed by atoms with Gasteiger partial charge in [-0.05, 0) is 37.1 Å². The van der Waals surface area contributed by atoms with Gasteiger partial charge in [0.25, 0.3) is 5.91 Å². The van der Waals surface area contributed by atoms with E-state index in [1.165, 1.54) is 0 Å². The second-order valence-electron chi connectivity index (χ2n) is 8.40. The second kappa shape index (κ2) is 7.86. The molecule has 0 spiro atoms. The molecule has 9 heteroatoms. The van der Waals surface area contributed by atoms with Gasteiger partial charge in [0.15, 0.2) is 0 Å². The van der Waals surface area contributed by atoms with Crippen molar-refractivity contribution in [1.29, 1.82) is 0 Å². The van der Waals surface area contributed by atoms with Crippen LogP contribution in [0, 0.1) is 0 Å². The van der Waals surface area contributed by atoms with Gasteiger partial charge in [0.05, 0.1) is 41.1 Å². The maximum atomic E-state index is 12.7. The topological polar surface area (TPSA) is 119 Å². The summed E-state index contributed by atoms with van der Waals surface area (Å²) in [5, 5.41) is 16.9. The normalized spacial score (nSPS) is 16.2. The predicted molar refractivity (Wildman–Crippen MR) is 125 cm³/mol. The lowest BCUT2D eigenvalue weighted by molar-refractivity contribution is 0.0966. The first-order valence-corrected chi connectivity index (χ1v) is 11.1. The number of amides is 1. The molecule has 6 heterocycles. The summed E-state index contributed by atoms with van der Waals surface area (Å²) >= 11 is 0. The SMILES string of the molecule is O=C1NCc2c(-c3ccnc4[nH]ccc34)ncc(Nc3ccc(N4CCC(O)CC4)cn3)c21. The van der Waals surface area contributed by atoms with Crippen molar-refractivity contribution in [2.75, 3.05) is 23.3 Å². The van der Waals surface area contributed by atoms with Crippen molar-refractivity contribution >= 4 is 34.1 Å². The molecule has 0 atom stereocenters. The number of nitrogens with zero attached hydrogens (tertiary/aromatic N) is 4. The number of pyridine rings is 3. The quantitative estimate of drug-likeness (QED) is 0.384. The summed E-state index contributed by atoms with van der Waals surface area (Å²) in [5.41, 5.74) is 5.61. The van der Waals surface area contributed by atoms with Crippen molar-refractivity contribution in [3.05, 3.63) is 60.2 Å². The van der Waals surface area contributed by atoms with Gasteiger partial charge in [-0.15, -0.1) is 0 Å². The van der Waals surface area contributed by atoms with Crippen LogP contribution in [0.5, 0.6) is 0 Å². The van der Waals surface area contributed by atoms with Crippen LogP contribution in [0.2, 0.25) is 0 Å². The smallest absolute Gasteiger partial charge is 0.254 e. The van der Waals surface area contributed by atoms with Gasteiger partial charge < -0.3 is 25.6 Å². The fourth-order valence-corrected chi connectivity index (χ4v) is 4.64. The number of hydrogen-bond donors (Lipinski definition) is 4. The van der Waals surface area contributed by atoms with E-state index in [1.54, 1.807) is 12.4 Å². The maximum absolute atomic E-state index is 12.7. The molecule has 6 rings (SSSR count). The Balaban J connectivity index is 1.31. The van der Waals surface area contributed by atoms with Crippen LogP contribution in [0.4, 0.5) is 17.2 Å². The van der Waals surface area contributed by atoms with Gasteiger partial charge in [0, 0.05) is 48.5 Å². The van der Waals surface area contributed by atoms with Crippen LogP contribution in [-0.2, 0) is 6.54 Å². The minimum absolute atomic E-state index is 0.126. The largest absolute Gasteiger partial charge is 0.393 e. The first kappa shape index (κ1) is 19.7. The van der Waals surface area contributed by atoms with Gasteiger partial charge in [-0.1, -0.05) is 0 Å². The third-order valence-electron chi connectivity index (χ3n) is 6.39. The fourth-order valence-electron chi connectivity index (χ4n) is 4.64. The van der Waals surface area contributed by atoms with Crippen molar-refractivity contribution in [1.82, 2.24) is 25.3 Å². The molecule has 4 aromatic heterocycles. The number of carbonyl (C=O) groups is 1. The Morgan fingerprint density at radius 3 is 2.76 bits per heavy atom. The molecule has 0 unspecified atom stereocenters. The molecule has 0 aliphatic carbocycles. The molecular formula is C24H23N7O2. The third-order valence-corrected chi connectivity index (χ3v) is 6.39. The summed E-state index contributed by atoms with van der Waals surface area (Å²) in [6, 6.07) is 7.81. The van der Waals surface area contributed by atoms with Crippen LogP contribution in [0.3, 0.4) is 0 Å². The summed E-state index contributed by atoms with van der Waals surface area (Å²) in [6.45, 7) is 2.06. The van der Waals surface area contributed by atoms with E-state index in [9.17, 15) is 9.90 Å². The molecule has 1 fully saturated rings. The monoisotopic (exact) mass is 441 g/mol.